The van der Waals surface area contributed by atoms with E-state index in [9.17, 15) is 4.79 Å². The summed E-state index contributed by atoms with van der Waals surface area (Å²) < 4.78 is 5.21. The van der Waals surface area contributed by atoms with E-state index in [4.69, 9.17) is 19.1 Å². The molecule has 1 aromatic carbocycles. The summed E-state index contributed by atoms with van der Waals surface area (Å²) in [5, 5.41) is 27.6. The van der Waals surface area contributed by atoms with Gasteiger partial charge in [0.05, 0.1) is 0 Å². The first-order valence-electron chi connectivity index (χ1n) is 5.45. The van der Waals surface area contributed by atoms with Crippen LogP contribution in [0.3, 0.4) is 0 Å². The normalized spacial score (nSPS) is 14.1. The van der Waals surface area contributed by atoms with Gasteiger partial charge in [0, 0.05) is 6.61 Å². The van der Waals surface area contributed by atoms with Gasteiger partial charge in [-0.05, 0) is 18.6 Å². The molecule has 0 spiro atoms. The van der Waals surface area contributed by atoms with Crippen LogP contribution in [-0.2, 0) is 3.79 Å². The quantitative estimate of drug-likeness (QED) is 0.520. The van der Waals surface area contributed by atoms with E-state index in [1.165, 1.54) is 36.3 Å². The van der Waals surface area contributed by atoms with Gasteiger partial charge in [-0.15, -0.1) is 0 Å². The molecule has 0 saturated carbocycles. The summed E-state index contributed by atoms with van der Waals surface area (Å²) in [7, 11) is 0. The molecular formula is C11H15AlO5. The Labute approximate surface area is 106 Å². The highest BCUT2D eigenvalue weighted by Gasteiger charge is 2.11. The Balaban J connectivity index is 0.000000202. The fourth-order valence-corrected chi connectivity index (χ4v) is 2.56. The van der Waals surface area contributed by atoms with Crippen LogP contribution in [0, 0.1) is 0 Å². The van der Waals surface area contributed by atoms with Gasteiger partial charge in [-0.1, -0.05) is 17.8 Å². The van der Waals surface area contributed by atoms with E-state index in [0.29, 0.717) is 0 Å². The molecule has 92 valence electrons. The lowest BCUT2D eigenvalue weighted by Crippen LogP contribution is -2.06. The molecule has 0 radical (unpaired) electrons. The molecule has 6 heteroatoms. The zero-order valence-corrected chi connectivity index (χ0v) is 10.8. The Bertz CT molecular complexity index is 365. The van der Waals surface area contributed by atoms with E-state index in [-0.39, 0.29) is 21.1 Å². The summed E-state index contributed by atoms with van der Waals surface area (Å²) in [4.78, 5) is 10.3. The monoisotopic (exact) mass is 254 g/mol. The fraction of sp³-hybridized carbons (Fsp3) is 0.364. The van der Waals surface area contributed by atoms with Crippen LogP contribution in [-0.4, -0.2) is 43.4 Å². The van der Waals surface area contributed by atoms with Gasteiger partial charge in [0.2, 0.25) is 0 Å². The Morgan fingerprint density at radius 1 is 1.29 bits per heavy atom. The molecular weight excluding hydrogens is 239 g/mol. The van der Waals surface area contributed by atoms with Crippen molar-refractivity contribution >= 4 is 21.5 Å². The molecule has 0 unspecified atom stereocenters. The van der Waals surface area contributed by atoms with Crippen LogP contribution < -0.4 is 0 Å². The molecule has 0 amide bonds. The Hall–Kier alpha value is -1.22. The molecule has 1 saturated heterocycles. The van der Waals surface area contributed by atoms with Crippen LogP contribution in [0.15, 0.2) is 18.2 Å². The van der Waals surface area contributed by atoms with Gasteiger partial charge in [-0.25, -0.2) is 4.79 Å². The molecule has 2 rings (SSSR count). The Kier molecular flexibility index (Phi) is 5.84. The number of carboxylic acid groups (broad SMARTS) is 1. The third-order valence-corrected chi connectivity index (χ3v) is 3.69. The first-order chi connectivity index (χ1) is 8.13. The van der Waals surface area contributed by atoms with Crippen LogP contribution in [0.2, 0.25) is 5.28 Å². The number of carbonyl (C=O) groups is 1. The van der Waals surface area contributed by atoms with Crippen molar-refractivity contribution in [3.8, 4) is 11.5 Å². The molecule has 1 heterocycles. The number of benzene rings is 1. The van der Waals surface area contributed by atoms with Crippen molar-refractivity contribution in [2.45, 2.75) is 18.1 Å². The SMILES string of the molecule is C1C[CH2][AlH][O]C1.O=C(O)c1cccc(O)c1O. The van der Waals surface area contributed by atoms with Crippen molar-refractivity contribution in [1.82, 2.24) is 0 Å². The maximum atomic E-state index is 10.3. The number of para-hydroxylation sites is 1. The summed E-state index contributed by atoms with van der Waals surface area (Å²) in [6.07, 6.45) is 2.75. The lowest BCUT2D eigenvalue weighted by Gasteiger charge is -2.06. The lowest BCUT2D eigenvalue weighted by atomic mass is 10.2. The summed E-state index contributed by atoms with van der Waals surface area (Å²) in [6.45, 7) is 1.06. The van der Waals surface area contributed by atoms with Crippen LogP contribution in [0.25, 0.3) is 0 Å². The van der Waals surface area contributed by atoms with Crippen LogP contribution >= 0.6 is 0 Å². The Morgan fingerprint density at radius 2 is 2.06 bits per heavy atom. The van der Waals surface area contributed by atoms with E-state index >= 15 is 0 Å². The zero-order chi connectivity index (χ0) is 12.7. The number of aromatic carboxylic acids is 1. The van der Waals surface area contributed by atoms with Gasteiger partial charge >= 0.3 is 21.5 Å². The lowest BCUT2D eigenvalue weighted by molar-refractivity contribution is 0.0693. The second-order valence-corrected chi connectivity index (χ2v) is 5.18. The first-order valence-corrected chi connectivity index (χ1v) is 7.02. The minimum atomic E-state index is -1.27. The molecule has 3 N–H and O–H groups in total. The standard InChI is InChI=1S/C7H6O4.C4H8O.Al.H/c8-5-3-1-2-4(6(5)9)7(10)11;1-2-3-4-5;;/h1-3,8-9H,(H,10,11);1-4H2;;/q;-1;+1;. The van der Waals surface area contributed by atoms with Crippen molar-refractivity contribution in [3.63, 3.8) is 0 Å². The fourth-order valence-electron chi connectivity index (χ4n) is 1.39. The van der Waals surface area contributed by atoms with Gasteiger partial charge in [0.1, 0.15) is 5.56 Å². The van der Waals surface area contributed by atoms with Gasteiger partial charge in [0.25, 0.3) is 0 Å². The average molecular weight is 254 g/mol. The van der Waals surface area contributed by atoms with E-state index < -0.39 is 17.5 Å². The largest absolute Gasteiger partial charge is 0.504 e. The van der Waals surface area contributed by atoms with Gasteiger partial charge < -0.3 is 19.1 Å². The highest BCUT2D eigenvalue weighted by Crippen LogP contribution is 2.27. The van der Waals surface area contributed by atoms with E-state index in [0.717, 1.165) is 6.61 Å². The molecule has 1 aromatic rings. The van der Waals surface area contributed by atoms with Crippen LogP contribution in [0.1, 0.15) is 23.2 Å². The van der Waals surface area contributed by atoms with Crippen molar-refractivity contribution in [2.24, 2.45) is 0 Å². The number of rotatable bonds is 1. The summed E-state index contributed by atoms with van der Waals surface area (Å²) in [5.74, 6) is -2.29. The topological polar surface area (TPSA) is 87.0 Å². The smallest absolute Gasteiger partial charge is 0.435 e. The highest BCUT2D eigenvalue weighted by atomic mass is 27.1. The summed E-state index contributed by atoms with van der Waals surface area (Å²) >= 11 is 0.00849. The summed E-state index contributed by atoms with van der Waals surface area (Å²) in [5.41, 5.74) is -0.301. The molecule has 17 heavy (non-hydrogen) atoms. The second-order valence-electron chi connectivity index (χ2n) is 3.65. The van der Waals surface area contributed by atoms with E-state index in [2.05, 4.69) is 0 Å². The third-order valence-electron chi connectivity index (χ3n) is 2.32. The third kappa shape index (κ3) is 4.65. The average Bonchev–Trinajstić information content (AvgIpc) is 2.35. The zero-order valence-electron chi connectivity index (χ0n) is 9.43. The predicted molar refractivity (Wildman–Crippen MR) is 63.9 cm³/mol. The van der Waals surface area contributed by atoms with E-state index in [1.54, 1.807) is 0 Å². The number of hydrogen-bond acceptors (Lipinski definition) is 4. The molecule has 1 aliphatic rings. The van der Waals surface area contributed by atoms with Crippen LogP contribution in [0.4, 0.5) is 0 Å². The van der Waals surface area contributed by atoms with Crippen LogP contribution in [0.5, 0.6) is 11.5 Å². The number of hydrogen-bond donors (Lipinski definition) is 3. The molecule has 0 atom stereocenters. The molecule has 5 nitrogen and oxygen atoms in total. The molecule has 0 aromatic heterocycles. The predicted octanol–water partition coefficient (Wildman–Crippen LogP) is 1.36. The maximum absolute atomic E-state index is 10.3. The number of aromatic hydroxyl groups is 2. The van der Waals surface area contributed by atoms with Crippen molar-refractivity contribution in [2.75, 3.05) is 6.61 Å². The van der Waals surface area contributed by atoms with Gasteiger partial charge in [0.15, 0.2) is 11.5 Å². The molecule has 0 bridgehead atoms. The molecule has 1 fully saturated rings. The highest BCUT2D eigenvalue weighted by molar-refractivity contribution is 6.27. The number of phenols is 2. The van der Waals surface area contributed by atoms with Gasteiger partial charge in [-0.2, -0.15) is 0 Å². The molecule has 0 aliphatic carbocycles. The maximum Gasteiger partial charge on any atom is 0.435 e. The first kappa shape index (κ1) is 13.8. The molecule has 1 aliphatic heterocycles. The number of carboxylic acids is 1. The number of phenolic OH excluding ortho intramolecular Hbond substituents is 1. The van der Waals surface area contributed by atoms with Crippen molar-refractivity contribution in [1.29, 1.82) is 0 Å². The second kappa shape index (κ2) is 7.18. The van der Waals surface area contributed by atoms with Gasteiger partial charge in [-0.3, -0.25) is 0 Å². The Morgan fingerprint density at radius 3 is 2.41 bits per heavy atom. The van der Waals surface area contributed by atoms with Crippen molar-refractivity contribution < 1.29 is 23.9 Å². The van der Waals surface area contributed by atoms with E-state index in [1.807, 2.05) is 0 Å². The minimum Gasteiger partial charge on any atom is -0.504 e. The van der Waals surface area contributed by atoms with Crippen molar-refractivity contribution in [3.05, 3.63) is 23.8 Å². The minimum absolute atomic E-state index is 0.00849. The summed E-state index contributed by atoms with van der Waals surface area (Å²) in [6, 6.07) is 3.76.